The summed E-state index contributed by atoms with van der Waals surface area (Å²) in [6, 6.07) is 6.48. The number of halogens is 1. The van der Waals surface area contributed by atoms with Crippen LogP contribution in [0.1, 0.15) is 31.2 Å². The molecule has 1 aliphatic carbocycles. The van der Waals surface area contributed by atoms with Crippen LogP contribution in [-0.2, 0) is 16.1 Å². The first kappa shape index (κ1) is 13.0. The molecule has 0 spiro atoms. The Kier molecular flexibility index (Phi) is 2.85. The average molecular weight is 288 g/mol. The maximum atomic E-state index is 13.3. The van der Waals surface area contributed by atoms with E-state index in [9.17, 15) is 14.0 Å². The molecule has 4 nitrogen and oxygen atoms in total. The Balaban J connectivity index is 1.64. The second-order valence-corrected chi connectivity index (χ2v) is 6.28. The Morgan fingerprint density at radius 3 is 2.90 bits per heavy atom. The number of carbonyl (C=O) groups is 2. The van der Waals surface area contributed by atoms with Crippen molar-refractivity contribution in [1.82, 2.24) is 10.0 Å². The normalized spacial score (nSPS) is 31.9. The second kappa shape index (κ2) is 4.63. The van der Waals surface area contributed by atoms with Crippen LogP contribution in [0.2, 0.25) is 0 Å². The molecule has 0 N–H and O–H groups in total. The summed E-state index contributed by atoms with van der Waals surface area (Å²) >= 11 is 0. The van der Waals surface area contributed by atoms with E-state index in [4.69, 9.17) is 0 Å². The van der Waals surface area contributed by atoms with Crippen molar-refractivity contribution in [2.24, 2.45) is 5.92 Å². The van der Waals surface area contributed by atoms with Gasteiger partial charge in [-0.25, -0.2) is 9.40 Å². The Hall–Kier alpha value is -1.75. The third-order valence-corrected chi connectivity index (χ3v) is 4.99. The summed E-state index contributed by atoms with van der Waals surface area (Å²) in [5.74, 6) is -0.00566. The minimum absolute atomic E-state index is 0.0142. The average Bonchev–Trinajstić information content (AvgIpc) is 3.04. The molecule has 2 saturated heterocycles. The number of Topliss-reactive ketones (excluding diaryl/α,β-unsaturated/α-hetero) is 1. The zero-order chi connectivity index (χ0) is 14.6. The van der Waals surface area contributed by atoms with Gasteiger partial charge in [0.2, 0.25) is 5.91 Å². The number of ketones is 1. The van der Waals surface area contributed by atoms with Gasteiger partial charge in [0.05, 0.1) is 19.0 Å². The summed E-state index contributed by atoms with van der Waals surface area (Å²) in [4.78, 5) is 24.5. The van der Waals surface area contributed by atoms with Gasteiger partial charge in [-0.2, -0.15) is 0 Å². The van der Waals surface area contributed by atoms with Crippen molar-refractivity contribution in [2.75, 3.05) is 0 Å². The van der Waals surface area contributed by atoms with E-state index in [0.717, 1.165) is 24.8 Å². The lowest BCUT2D eigenvalue weighted by atomic mass is 9.92. The summed E-state index contributed by atoms with van der Waals surface area (Å²) in [7, 11) is 0. The molecule has 1 saturated carbocycles. The van der Waals surface area contributed by atoms with Gasteiger partial charge in [0.25, 0.3) is 0 Å². The van der Waals surface area contributed by atoms with E-state index in [1.165, 1.54) is 12.1 Å². The van der Waals surface area contributed by atoms with Crippen molar-refractivity contribution in [3.63, 3.8) is 0 Å². The van der Waals surface area contributed by atoms with Gasteiger partial charge in [0.1, 0.15) is 5.82 Å². The van der Waals surface area contributed by atoms with Crippen LogP contribution in [0.4, 0.5) is 4.39 Å². The van der Waals surface area contributed by atoms with Crippen LogP contribution in [-0.4, -0.2) is 33.8 Å². The fourth-order valence-corrected chi connectivity index (χ4v) is 4.17. The number of piperidine rings is 1. The highest BCUT2D eigenvalue weighted by molar-refractivity contribution is 6.03. The minimum Gasteiger partial charge on any atom is -0.297 e. The van der Waals surface area contributed by atoms with Gasteiger partial charge < -0.3 is 0 Å². The molecule has 0 radical (unpaired) electrons. The molecule has 1 unspecified atom stereocenters. The number of hydrazine groups is 1. The highest BCUT2D eigenvalue weighted by Gasteiger charge is 2.54. The molecule has 21 heavy (non-hydrogen) atoms. The summed E-state index contributed by atoms with van der Waals surface area (Å²) < 4.78 is 13.3. The van der Waals surface area contributed by atoms with Gasteiger partial charge in [0, 0.05) is 6.04 Å². The number of hydrogen-bond acceptors (Lipinski definition) is 3. The predicted molar refractivity (Wildman–Crippen MR) is 73.3 cm³/mol. The van der Waals surface area contributed by atoms with E-state index in [-0.39, 0.29) is 30.0 Å². The van der Waals surface area contributed by atoms with E-state index in [2.05, 4.69) is 0 Å². The quantitative estimate of drug-likeness (QED) is 0.780. The molecule has 3 atom stereocenters. The fraction of sp³-hybridized carbons (Fsp3) is 0.500. The Labute approximate surface area is 122 Å². The first-order chi connectivity index (χ1) is 10.1. The maximum Gasteiger partial charge on any atom is 0.244 e. The van der Waals surface area contributed by atoms with Crippen LogP contribution in [0, 0.1) is 11.7 Å². The van der Waals surface area contributed by atoms with Gasteiger partial charge in [-0.3, -0.25) is 14.6 Å². The number of amides is 1. The molecule has 3 aliphatic rings. The lowest BCUT2D eigenvalue weighted by Gasteiger charge is -2.45. The number of rotatable bonds is 2. The second-order valence-electron chi connectivity index (χ2n) is 6.28. The third kappa shape index (κ3) is 1.99. The van der Waals surface area contributed by atoms with Gasteiger partial charge >= 0.3 is 0 Å². The van der Waals surface area contributed by atoms with Crippen molar-refractivity contribution < 1.29 is 14.0 Å². The number of benzene rings is 1. The fourth-order valence-electron chi connectivity index (χ4n) is 4.17. The highest BCUT2D eigenvalue weighted by Crippen LogP contribution is 2.45. The van der Waals surface area contributed by atoms with Crippen LogP contribution >= 0.6 is 0 Å². The SMILES string of the molecule is O=C1CC(=O)N(Cc2cccc(F)c2)N2C3CC[C@@H](C3)[C@@H]12. The minimum atomic E-state index is -0.299. The monoisotopic (exact) mass is 288 g/mol. The number of hydrogen-bond donors (Lipinski definition) is 0. The van der Waals surface area contributed by atoms with Crippen LogP contribution in [0.25, 0.3) is 0 Å². The lowest BCUT2D eigenvalue weighted by Crippen LogP contribution is -2.61. The molecule has 4 rings (SSSR count). The molecule has 110 valence electrons. The van der Waals surface area contributed by atoms with E-state index in [1.54, 1.807) is 11.1 Å². The lowest BCUT2D eigenvalue weighted by molar-refractivity contribution is -0.175. The number of nitrogens with zero attached hydrogens (tertiary/aromatic N) is 2. The number of carbonyl (C=O) groups excluding carboxylic acids is 2. The summed E-state index contributed by atoms with van der Waals surface area (Å²) in [6.07, 6.45) is 3.12. The van der Waals surface area contributed by atoms with Gasteiger partial charge in [-0.1, -0.05) is 12.1 Å². The van der Waals surface area contributed by atoms with Crippen molar-refractivity contribution in [2.45, 2.75) is 44.3 Å². The first-order valence-electron chi connectivity index (χ1n) is 7.49. The van der Waals surface area contributed by atoms with E-state index >= 15 is 0 Å². The number of fused-ring (bicyclic) bond motifs is 5. The van der Waals surface area contributed by atoms with E-state index in [0.29, 0.717) is 18.5 Å². The summed E-state index contributed by atoms with van der Waals surface area (Å²) in [6.45, 7) is 0.351. The zero-order valence-corrected chi connectivity index (χ0v) is 11.7. The highest BCUT2D eigenvalue weighted by atomic mass is 19.1. The Morgan fingerprint density at radius 2 is 2.10 bits per heavy atom. The smallest absolute Gasteiger partial charge is 0.244 e. The topological polar surface area (TPSA) is 40.6 Å². The largest absolute Gasteiger partial charge is 0.297 e. The molecule has 5 heteroatoms. The van der Waals surface area contributed by atoms with Gasteiger partial charge in [-0.15, -0.1) is 0 Å². The molecule has 2 heterocycles. The van der Waals surface area contributed by atoms with Crippen molar-refractivity contribution in [3.8, 4) is 0 Å². The van der Waals surface area contributed by atoms with Crippen LogP contribution in [0.15, 0.2) is 24.3 Å². The molecule has 2 aliphatic heterocycles. The molecule has 1 aromatic carbocycles. The van der Waals surface area contributed by atoms with Gasteiger partial charge in [-0.05, 0) is 42.9 Å². The van der Waals surface area contributed by atoms with Crippen molar-refractivity contribution in [3.05, 3.63) is 35.6 Å². The molecular weight excluding hydrogens is 271 g/mol. The molecular formula is C16H17FN2O2. The van der Waals surface area contributed by atoms with Crippen LogP contribution in [0.3, 0.4) is 0 Å². The molecule has 1 amide bonds. The summed E-state index contributed by atoms with van der Waals surface area (Å²) in [5, 5.41) is 3.68. The summed E-state index contributed by atoms with van der Waals surface area (Å²) in [5.41, 5.74) is 0.763. The molecule has 2 bridgehead atoms. The maximum absolute atomic E-state index is 13.3. The predicted octanol–water partition coefficient (Wildman–Crippen LogP) is 1.90. The van der Waals surface area contributed by atoms with E-state index < -0.39 is 0 Å². The van der Waals surface area contributed by atoms with Gasteiger partial charge in [0.15, 0.2) is 5.78 Å². The van der Waals surface area contributed by atoms with Crippen molar-refractivity contribution in [1.29, 1.82) is 0 Å². The van der Waals surface area contributed by atoms with Crippen molar-refractivity contribution >= 4 is 11.7 Å². The van der Waals surface area contributed by atoms with Crippen LogP contribution < -0.4 is 0 Å². The Bertz CT molecular complexity index is 618. The molecule has 1 aromatic rings. The standard InChI is InChI=1S/C16H17FN2O2/c17-12-3-1-2-10(6-12)9-18-15(21)8-14(20)16-11-4-5-13(7-11)19(16)18/h1-3,6,11,13,16H,4-5,7-9H2/t11-,13?,16-/m0/s1. The van der Waals surface area contributed by atoms with Crippen LogP contribution in [0.5, 0.6) is 0 Å². The first-order valence-corrected chi connectivity index (χ1v) is 7.49. The van der Waals surface area contributed by atoms with E-state index in [1.807, 2.05) is 11.1 Å². The molecule has 3 fully saturated rings. The Morgan fingerprint density at radius 1 is 1.24 bits per heavy atom. The third-order valence-electron chi connectivity index (χ3n) is 4.99. The zero-order valence-electron chi connectivity index (χ0n) is 11.7. The molecule has 0 aromatic heterocycles.